The number of benzene rings is 1. The summed E-state index contributed by atoms with van der Waals surface area (Å²) >= 11 is 4.31. The summed E-state index contributed by atoms with van der Waals surface area (Å²) in [5.41, 5.74) is -0.243. The van der Waals surface area contributed by atoms with Crippen molar-refractivity contribution in [2.45, 2.75) is 13.8 Å². The summed E-state index contributed by atoms with van der Waals surface area (Å²) in [6.07, 6.45) is 0. The Morgan fingerprint density at radius 3 is 2.43 bits per heavy atom. The number of nitrogens with one attached hydrogen (secondary N) is 1. The maximum absolute atomic E-state index is 13.2. The molecular weight excluding hydrogens is 478 g/mol. The van der Waals surface area contributed by atoms with Crippen LogP contribution >= 0.6 is 27.3 Å². The molecule has 9 nitrogen and oxygen atoms in total. The van der Waals surface area contributed by atoms with E-state index in [1.165, 1.54) is 5.38 Å². The van der Waals surface area contributed by atoms with Crippen molar-refractivity contribution in [2.75, 3.05) is 18.5 Å². The van der Waals surface area contributed by atoms with E-state index in [-0.39, 0.29) is 34.7 Å². The zero-order valence-electron chi connectivity index (χ0n) is 15.9. The maximum atomic E-state index is 13.2. The molecule has 0 radical (unpaired) electrons. The molecule has 0 aliphatic rings. The van der Waals surface area contributed by atoms with Gasteiger partial charge in [0.05, 0.1) is 24.3 Å². The van der Waals surface area contributed by atoms with Gasteiger partial charge in [0.2, 0.25) is 0 Å². The van der Waals surface area contributed by atoms with Gasteiger partial charge in [0.25, 0.3) is 5.56 Å². The van der Waals surface area contributed by atoms with Crippen molar-refractivity contribution in [3.05, 3.63) is 50.2 Å². The molecule has 0 unspecified atom stereocenters. The second-order valence-electron chi connectivity index (χ2n) is 5.79. The predicted octanol–water partition coefficient (Wildman–Crippen LogP) is 2.89. The van der Waals surface area contributed by atoms with E-state index < -0.39 is 23.4 Å². The molecule has 0 atom stereocenters. The Hall–Kier alpha value is -3.05. The van der Waals surface area contributed by atoms with Crippen molar-refractivity contribution >= 4 is 60.9 Å². The van der Waals surface area contributed by atoms with Crippen LogP contribution in [0.3, 0.4) is 0 Å². The van der Waals surface area contributed by atoms with Crippen LogP contribution in [0.15, 0.2) is 38.9 Å². The van der Waals surface area contributed by atoms with Gasteiger partial charge in [-0.25, -0.2) is 9.59 Å². The first-order chi connectivity index (χ1) is 14.4. The number of esters is 2. The van der Waals surface area contributed by atoms with Crippen molar-refractivity contribution in [1.82, 2.24) is 9.78 Å². The summed E-state index contributed by atoms with van der Waals surface area (Å²) in [6.45, 7) is 3.37. The van der Waals surface area contributed by atoms with E-state index in [4.69, 9.17) is 4.74 Å². The molecule has 0 aliphatic heterocycles. The highest BCUT2D eigenvalue weighted by Crippen LogP contribution is 2.30. The molecule has 1 amide bonds. The lowest BCUT2D eigenvalue weighted by Crippen LogP contribution is -2.27. The van der Waals surface area contributed by atoms with Crippen LogP contribution in [0.2, 0.25) is 0 Å². The van der Waals surface area contributed by atoms with Crippen molar-refractivity contribution in [3.63, 3.8) is 0 Å². The van der Waals surface area contributed by atoms with Crippen LogP contribution in [0.4, 0.5) is 5.00 Å². The Morgan fingerprint density at radius 2 is 1.80 bits per heavy atom. The summed E-state index contributed by atoms with van der Waals surface area (Å²) in [7, 11) is 0. The fraction of sp³-hybridized carbons (Fsp3) is 0.211. The summed E-state index contributed by atoms with van der Waals surface area (Å²) in [5, 5.41) is 8.44. The second kappa shape index (κ2) is 9.18. The van der Waals surface area contributed by atoms with E-state index in [0.29, 0.717) is 5.69 Å². The number of anilines is 1. The van der Waals surface area contributed by atoms with Crippen LogP contribution in [0.5, 0.6) is 0 Å². The van der Waals surface area contributed by atoms with E-state index in [0.717, 1.165) is 20.5 Å². The first-order valence-corrected chi connectivity index (χ1v) is 10.5. The molecule has 0 fully saturated rings. The number of amides is 1. The largest absolute Gasteiger partial charge is 0.461 e. The highest BCUT2D eigenvalue weighted by Gasteiger charge is 2.24. The average Bonchev–Trinajstić information content (AvgIpc) is 3.13. The van der Waals surface area contributed by atoms with Gasteiger partial charge >= 0.3 is 17.8 Å². The Kier molecular flexibility index (Phi) is 6.63. The molecule has 1 aromatic carbocycles. The van der Waals surface area contributed by atoms with E-state index in [1.54, 1.807) is 38.1 Å². The van der Waals surface area contributed by atoms with Crippen molar-refractivity contribution < 1.29 is 23.9 Å². The van der Waals surface area contributed by atoms with Crippen LogP contribution in [0.25, 0.3) is 16.5 Å². The molecule has 1 N–H and O–H groups in total. The third kappa shape index (κ3) is 4.26. The van der Waals surface area contributed by atoms with Gasteiger partial charge in [0.1, 0.15) is 5.00 Å². The lowest BCUT2D eigenvalue weighted by atomic mass is 10.2. The minimum absolute atomic E-state index is 0.0325. The van der Waals surface area contributed by atoms with Gasteiger partial charge in [-0.1, -0.05) is 15.9 Å². The Morgan fingerprint density at radius 1 is 1.13 bits per heavy atom. The fourth-order valence-electron chi connectivity index (χ4n) is 2.60. The average molecular weight is 494 g/mol. The number of nitrogens with zero attached hydrogens (tertiary/aromatic N) is 2. The first kappa shape index (κ1) is 21.7. The number of thiophene rings is 1. The predicted molar refractivity (Wildman–Crippen MR) is 114 cm³/mol. The topological polar surface area (TPSA) is 117 Å². The molecule has 0 bridgehead atoms. The zero-order valence-corrected chi connectivity index (χ0v) is 18.3. The molecule has 3 rings (SSSR count). The Labute approximate surface area is 182 Å². The smallest absolute Gasteiger partial charge is 0.397 e. The minimum Gasteiger partial charge on any atom is -0.461 e. The highest BCUT2D eigenvalue weighted by atomic mass is 79.9. The molecule has 2 heterocycles. The fourth-order valence-corrected chi connectivity index (χ4v) is 3.80. The summed E-state index contributed by atoms with van der Waals surface area (Å²) in [5.74, 6) is -2.81. The lowest BCUT2D eigenvalue weighted by molar-refractivity contribution is -0.152. The van der Waals surface area contributed by atoms with Gasteiger partial charge in [0, 0.05) is 15.2 Å². The van der Waals surface area contributed by atoms with Crippen molar-refractivity contribution in [3.8, 4) is 5.69 Å². The number of carbonyl (C=O) groups is 3. The van der Waals surface area contributed by atoms with E-state index >= 15 is 0 Å². The third-order valence-electron chi connectivity index (χ3n) is 3.88. The van der Waals surface area contributed by atoms with Gasteiger partial charge in [0.15, 0.2) is 5.69 Å². The van der Waals surface area contributed by atoms with Crippen molar-refractivity contribution in [2.24, 2.45) is 0 Å². The summed E-state index contributed by atoms with van der Waals surface area (Å²) in [4.78, 5) is 49.4. The quantitative estimate of drug-likeness (QED) is 0.428. The highest BCUT2D eigenvalue weighted by molar-refractivity contribution is 9.10. The van der Waals surface area contributed by atoms with E-state index in [9.17, 15) is 19.2 Å². The standard InChI is InChI=1S/C19H16BrN3O6S/c1-3-28-18(26)14-12-9-30-16(21-15(24)19(27)29-4-2)13(12)17(25)23(22-14)11-7-5-10(20)6-8-11/h5-9H,3-4H2,1-2H3,(H,21,24). The molecule has 11 heteroatoms. The number of halogens is 1. The number of hydrogen-bond donors (Lipinski definition) is 1. The van der Waals surface area contributed by atoms with E-state index in [2.05, 4.69) is 31.1 Å². The number of carbonyl (C=O) groups excluding carboxylic acids is 3. The molecule has 2 aromatic heterocycles. The number of ether oxygens (including phenoxy) is 2. The number of fused-ring (bicyclic) bond motifs is 1. The van der Waals surface area contributed by atoms with Crippen LogP contribution in [-0.4, -0.2) is 40.8 Å². The molecule has 0 aliphatic carbocycles. The second-order valence-corrected chi connectivity index (χ2v) is 7.59. The molecule has 156 valence electrons. The summed E-state index contributed by atoms with van der Waals surface area (Å²) < 4.78 is 11.6. The number of hydrogen-bond acceptors (Lipinski definition) is 8. The SMILES string of the molecule is CCOC(=O)C(=O)Nc1scc2c(C(=O)OCC)nn(-c3ccc(Br)cc3)c(=O)c12. The number of aromatic nitrogens is 2. The van der Waals surface area contributed by atoms with Crippen LogP contribution in [-0.2, 0) is 19.1 Å². The Balaban J connectivity index is 2.20. The number of rotatable bonds is 5. The normalized spacial score (nSPS) is 10.6. The van der Waals surface area contributed by atoms with Crippen LogP contribution in [0, 0.1) is 0 Å². The van der Waals surface area contributed by atoms with E-state index in [1.807, 2.05) is 0 Å². The third-order valence-corrected chi connectivity index (χ3v) is 5.30. The van der Waals surface area contributed by atoms with Crippen molar-refractivity contribution in [1.29, 1.82) is 0 Å². The zero-order chi connectivity index (χ0) is 21.8. The molecule has 3 aromatic rings. The first-order valence-electron chi connectivity index (χ1n) is 8.83. The van der Waals surface area contributed by atoms with Gasteiger partial charge < -0.3 is 14.8 Å². The van der Waals surface area contributed by atoms with Gasteiger partial charge in [-0.2, -0.15) is 9.78 Å². The lowest BCUT2D eigenvalue weighted by Gasteiger charge is -2.10. The Bertz CT molecular complexity index is 1190. The minimum atomic E-state index is -1.08. The van der Waals surface area contributed by atoms with Crippen LogP contribution < -0.4 is 10.9 Å². The van der Waals surface area contributed by atoms with Gasteiger partial charge in [-0.05, 0) is 38.1 Å². The van der Waals surface area contributed by atoms with Gasteiger partial charge in [-0.3, -0.25) is 9.59 Å². The monoisotopic (exact) mass is 493 g/mol. The molecule has 0 saturated heterocycles. The van der Waals surface area contributed by atoms with Crippen LogP contribution in [0.1, 0.15) is 24.3 Å². The molecule has 0 spiro atoms. The van der Waals surface area contributed by atoms with Gasteiger partial charge in [-0.15, -0.1) is 11.3 Å². The molecule has 0 saturated carbocycles. The maximum Gasteiger partial charge on any atom is 0.397 e. The molecule has 30 heavy (non-hydrogen) atoms. The summed E-state index contributed by atoms with van der Waals surface area (Å²) in [6, 6.07) is 6.72. The molecular formula is C19H16BrN3O6S.